The van der Waals surface area contributed by atoms with E-state index in [0.29, 0.717) is 23.7 Å². The molecular formula is C23H30N4O2S. The molecule has 1 saturated heterocycles. The third-order valence-corrected chi connectivity index (χ3v) is 6.47. The summed E-state index contributed by atoms with van der Waals surface area (Å²) in [5.41, 5.74) is 3.12. The van der Waals surface area contributed by atoms with Crippen LogP contribution in [0.25, 0.3) is 0 Å². The van der Waals surface area contributed by atoms with Crippen LogP contribution in [0.5, 0.6) is 0 Å². The fraction of sp³-hybridized carbons (Fsp3) is 0.522. The van der Waals surface area contributed by atoms with Crippen molar-refractivity contribution >= 4 is 29.3 Å². The van der Waals surface area contributed by atoms with E-state index < -0.39 is 0 Å². The molecular weight excluding hydrogens is 396 g/mol. The lowest BCUT2D eigenvalue weighted by atomic mass is 10.1. The van der Waals surface area contributed by atoms with Crippen LogP contribution in [-0.2, 0) is 16.8 Å². The number of thioether (sulfide) groups is 1. The van der Waals surface area contributed by atoms with Crippen molar-refractivity contribution in [2.24, 2.45) is 0 Å². The van der Waals surface area contributed by atoms with Crippen molar-refractivity contribution in [3.05, 3.63) is 47.3 Å². The molecule has 7 heteroatoms. The number of carbonyl (C=O) groups is 2. The van der Waals surface area contributed by atoms with E-state index in [2.05, 4.69) is 31.2 Å². The van der Waals surface area contributed by atoms with Crippen molar-refractivity contribution in [2.45, 2.75) is 51.5 Å². The average molecular weight is 427 g/mol. The van der Waals surface area contributed by atoms with E-state index in [0.717, 1.165) is 35.9 Å². The highest BCUT2D eigenvalue weighted by molar-refractivity contribution is 7.99. The Labute approximate surface area is 182 Å². The minimum atomic E-state index is -0.199. The second-order valence-electron chi connectivity index (χ2n) is 9.13. The summed E-state index contributed by atoms with van der Waals surface area (Å²) >= 11 is 1.90. The number of amides is 2. The summed E-state index contributed by atoms with van der Waals surface area (Å²) in [7, 11) is 0. The monoisotopic (exact) mass is 426 g/mol. The van der Waals surface area contributed by atoms with E-state index in [1.807, 2.05) is 51.7 Å². The average Bonchev–Trinajstić information content (AvgIpc) is 3.46. The largest absolute Gasteiger partial charge is 0.341 e. The summed E-state index contributed by atoms with van der Waals surface area (Å²) in [6.45, 7) is 7.99. The molecule has 0 radical (unpaired) electrons. The Morgan fingerprint density at radius 2 is 1.80 bits per heavy atom. The lowest BCUT2D eigenvalue weighted by Gasteiger charge is -2.26. The van der Waals surface area contributed by atoms with Crippen LogP contribution < -0.4 is 5.32 Å². The highest BCUT2D eigenvalue weighted by Gasteiger charge is 2.32. The highest BCUT2D eigenvalue weighted by atomic mass is 32.2. The lowest BCUT2D eigenvalue weighted by molar-refractivity contribution is -0.130. The van der Waals surface area contributed by atoms with Crippen molar-refractivity contribution in [2.75, 3.05) is 29.9 Å². The maximum absolute atomic E-state index is 12.8. The maximum Gasteiger partial charge on any atom is 0.276 e. The number of hydrogen-bond donors (Lipinski definition) is 1. The van der Waals surface area contributed by atoms with Crippen LogP contribution in [0.2, 0.25) is 0 Å². The SMILES string of the molecule is CC(C)(C)n1nc(C(=O)Nc2ccc(CC(=O)N3CCSCC3)cc2)cc1C1CC1. The Morgan fingerprint density at radius 1 is 1.13 bits per heavy atom. The van der Waals surface area contributed by atoms with Gasteiger partial charge >= 0.3 is 0 Å². The minimum absolute atomic E-state index is 0.155. The van der Waals surface area contributed by atoms with Crippen LogP contribution in [0.15, 0.2) is 30.3 Å². The van der Waals surface area contributed by atoms with Crippen LogP contribution in [0.3, 0.4) is 0 Å². The van der Waals surface area contributed by atoms with E-state index in [9.17, 15) is 9.59 Å². The van der Waals surface area contributed by atoms with E-state index in [1.165, 1.54) is 12.8 Å². The Balaban J connectivity index is 1.40. The van der Waals surface area contributed by atoms with E-state index in [4.69, 9.17) is 0 Å². The molecule has 2 aliphatic rings. The van der Waals surface area contributed by atoms with E-state index in [-0.39, 0.29) is 17.4 Å². The first-order valence-electron chi connectivity index (χ1n) is 10.7. The Morgan fingerprint density at radius 3 is 2.40 bits per heavy atom. The number of nitrogens with zero attached hydrogens (tertiary/aromatic N) is 3. The molecule has 1 aromatic carbocycles. The van der Waals surface area contributed by atoms with Crippen LogP contribution in [0.4, 0.5) is 5.69 Å². The molecule has 0 spiro atoms. The van der Waals surface area contributed by atoms with Crippen molar-refractivity contribution < 1.29 is 9.59 Å². The number of carbonyl (C=O) groups excluding carboxylic acids is 2. The van der Waals surface area contributed by atoms with Crippen LogP contribution >= 0.6 is 11.8 Å². The number of anilines is 1. The quantitative estimate of drug-likeness (QED) is 0.788. The first-order valence-corrected chi connectivity index (χ1v) is 11.8. The van der Waals surface area contributed by atoms with Gasteiger partial charge in [-0.15, -0.1) is 0 Å². The zero-order chi connectivity index (χ0) is 21.3. The number of hydrogen-bond acceptors (Lipinski definition) is 4. The third kappa shape index (κ3) is 4.89. The fourth-order valence-electron chi connectivity index (χ4n) is 3.71. The second-order valence-corrected chi connectivity index (χ2v) is 10.4. The van der Waals surface area contributed by atoms with Gasteiger partial charge in [0.2, 0.25) is 5.91 Å². The zero-order valence-corrected chi connectivity index (χ0v) is 18.8. The van der Waals surface area contributed by atoms with Crippen molar-refractivity contribution in [1.29, 1.82) is 0 Å². The molecule has 2 fully saturated rings. The fourth-order valence-corrected chi connectivity index (χ4v) is 4.62. The molecule has 2 heterocycles. The van der Waals surface area contributed by atoms with Crippen molar-refractivity contribution in [3.8, 4) is 0 Å². The molecule has 1 N–H and O–H groups in total. The summed E-state index contributed by atoms with van der Waals surface area (Å²) in [6, 6.07) is 9.47. The van der Waals surface area contributed by atoms with Gasteiger partial charge in [-0.3, -0.25) is 14.3 Å². The molecule has 2 aromatic rings. The topological polar surface area (TPSA) is 67.2 Å². The van der Waals surface area contributed by atoms with Crippen LogP contribution in [0.1, 0.15) is 61.3 Å². The van der Waals surface area contributed by atoms with E-state index >= 15 is 0 Å². The Hall–Kier alpha value is -2.28. The van der Waals surface area contributed by atoms with Gasteiger partial charge in [-0.2, -0.15) is 16.9 Å². The van der Waals surface area contributed by atoms with Crippen molar-refractivity contribution in [1.82, 2.24) is 14.7 Å². The van der Waals surface area contributed by atoms with Gasteiger partial charge in [0.1, 0.15) is 0 Å². The standard InChI is InChI=1S/C23H30N4O2S/c1-23(2,3)27-20(17-6-7-17)15-19(25-27)22(29)24-18-8-4-16(5-9-18)14-21(28)26-10-12-30-13-11-26/h4-5,8-9,15,17H,6-7,10-14H2,1-3H3,(H,24,29). The summed E-state index contributed by atoms with van der Waals surface area (Å²) in [4.78, 5) is 27.1. The molecule has 4 rings (SSSR count). The number of nitrogens with one attached hydrogen (secondary N) is 1. The van der Waals surface area contributed by atoms with Crippen molar-refractivity contribution in [3.63, 3.8) is 0 Å². The maximum atomic E-state index is 12.8. The molecule has 1 aliphatic heterocycles. The van der Waals surface area contributed by atoms with Gasteiger partial charge in [0, 0.05) is 41.9 Å². The molecule has 160 valence electrons. The first-order chi connectivity index (χ1) is 14.3. The van der Waals surface area contributed by atoms with Crippen LogP contribution in [-0.4, -0.2) is 51.1 Å². The minimum Gasteiger partial charge on any atom is -0.341 e. The third-order valence-electron chi connectivity index (χ3n) is 5.53. The number of rotatable bonds is 5. The number of benzene rings is 1. The Bertz CT molecular complexity index is 920. The Kier molecular flexibility index (Phi) is 5.91. The molecule has 0 bridgehead atoms. The van der Waals surface area contributed by atoms with Gasteiger partial charge in [0.15, 0.2) is 5.69 Å². The van der Waals surface area contributed by atoms with Gasteiger partial charge in [-0.25, -0.2) is 0 Å². The lowest BCUT2D eigenvalue weighted by Crippen LogP contribution is -2.38. The molecule has 1 aromatic heterocycles. The molecule has 1 saturated carbocycles. The summed E-state index contributed by atoms with van der Waals surface area (Å²) < 4.78 is 1.99. The summed E-state index contributed by atoms with van der Waals surface area (Å²) in [5.74, 6) is 2.53. The molecule has 6 nitrogen and oxygen atoms in total. The zero-order valence-electron chi connectivity index (χ0n) is 18.0. The first kappa shape index (κ1) is 21.0. The number of aromatic nitrogens is 2. The van der Waals surface area contributed by atoms with Gasteiger partial charge in [-0.05, 0) is 57.4 Å². The van der Waals surface area contributed by atoms with Gasteiger partial charge in [0.25, 0.3) is 5.91 Å². The van der Waals surface area contributed by atoms with E-state index in [1.54, 1.807) is 0 Å². The smallest absolute Gasteiger partial charge is 0.276 e. The van der Waals surface area contributed by atoms with Crippen LogP contribution in [0, 0.1) is 0 Å². The molecule has 30 heavy (non-hydrogen) atoms. The highest BCUT2D eigenvalue weighted by Crippen LogP contribution is 2.41. The summed E-state index contributed by atoms with van der Waals surface area (Å²) in [6.07, 6.45) is 2.73. The van der Waals surface area contributed by atoms with Gasteiger partial charge in [-0.1, -0.05) is 12.1 Å². The predicted molar refractivity (Wildman–Crippen MR) is 121 cm³/mol. The van der Waals surface area contributed by atoms with Gasteiger partial charge < -0.3 is 10.2 Å². The normalized spacial score (nSPS) is 17.1. The second kappa shape index (κ2) is 8.46. The summed E-state index contributed by atoms with van der Waals surface area (Å²) in [5, 5.41) is 7.54. The molecule has 0 atom stereocenters. The molecule has 0 unspecified atom stereocenters. The molecule has 2 amide bonds. The van der Waals surface area contributed by atoms with Gasteiger partial charge in [0.05, 0.1) is 12.0 Å². The predicted octanol–water partition coefficient (Wildman–Crippen LogP) is 3.89. The molecule has 1 aliphatic carbocycles.